The van der Waals surface area contributed by atoms with Crippen LogP contribution in [0.25, 0.3) is 11.3 Å². The Hall–Kier alpha value is -2.67. The highest BCUT2D eigenvalue weighted by atomic mass is 35.5. The lowest BCUT2D eigenvalue weighted by atomic mass is 10.1. The maximum Gasteiger partial charge on any atom is 0.416 e. The fraction of sp³-hybridized carbons (Fsp3) is 0.0625. The fourth-order valence-corrected chi connectivity index (χ4v) is 2.20. The van der Waals surface area contributed by atoms with Crippen LogP contribution >= 0.6 is 11.6 Å². The number of anilines is 2. The van der Waals surface area contributed by atoms with E-state index in [0.29, 0.717) is 22.8 Å². The van der Waals surface area contributed by atoms with Crippen molar-refractivity contribution >= 4 is 23.1 Å². The van der Waals surface area contributed by atoms with E-state index in [0.717, 1.165) is 12.1 Å². The van der Waals surface area contributed by atoms with E-state index >= 15 is 0 Å². The number of benzene rings is 1. The molecule has 0 radical (unpaired) electrons. The van der Waals surface area contributed by atoms with Crippen molar-refractivity contribution in [3.63, 3.8) is 0 Å². The molecule has 122 valence electrons. The van der Waals surface area contributed by atoms with Crippen molar-refractivity contribution in [2.75, 3.05) is 5.32 Å². The van der Waals surface area contributed by atoms with Gasteiger partial charge in [0, 0.05) is 17.8 Å². The van der Waals surface area contributed by atoms with Gasteiger partial charge in [0.15, 0.2) is 5.15 Å². The summed E-state index contributed by atoms with van der Waals surface area (Å²) in [4.78, 5) is 12.1. The van der Waals surface area contributed by atoms with Gasteiger partial charge in [-0.2, -0.15) is 13.2 Å². The fourth-order valence-electron chi connectivity index (χ4n) is 2.03. The van der Waals surface area contributed by atoms with Crippen LogP contribution in [0.4, 0.5) is 24.7 Å². The lowest BCUT2D eigenvalue weighted by Gasteiger charge is -2.09. The monoisotopic (exact) mass is 350 g/mol. The van der Waals surface area contributed by atoms with E-state index in [1.165, 1.54) is 18.5 Å². The number of hydrogen-bond acceptors (Lipinski definition) is 4. The predicted octanol–water partition coefficient (Wildman–Crippen LogP) is 4.95. The van der Waals surface area contributed by atoms with Crippen molar-refractivity contribution in [3.05, 3.63) is 65.7 Å². The standard InChI is InChI=1S/C16H10ClF3N4/c17-15-12(2-1-7-21-15)24-14-8-13(22-9-23-14)10-3-5-11(6-4-10)16(18,19)20/h1-9H,(H,22,23,24). The van der Waals surface area contributed by atoms with E-state index in [-0.39, 0.29) is 5.15 Å². The average molecular weight is 351 g/mol. The van der Waals surface area contributed by atoms with Gasteiger partial charge < -0.3 is 5.32 Å². The zero-order chi connectivity index (χ0) is 17.2. The number of aromatic nitrogens is 3. The Morgan fingerprint density at radius 1 is 0.958 bits per heavy atom. The summed E-state index contributed by atoms with van der Waals surface area (Å²) in [5, 5.41) is 3.28. The molecule has 24 heavy (non-hydrogen) atoms. The molecule has 0 spiro atoms. The van der Waals surface area contributed by atoms with Gasteiger partial charge >= 0.3 is 6.18 Å². The van der Waals surface area contributed by atoms with Crippen molar-refractivity contribution in [1.82, 2.24) is 15.0 Å². The van der Waals surface area contributed by atoms with E-state index in [2.05, 4.69) is 20.3 Å². The molecule has 1 aromatic carbocycles. The van der Waals surface area contributed by atoms with E-state index in [1.807, 2.05) is 0 Å². The van der Waals surface area contributed by atoms with Crippen LogP contribution in [0, 0.1) is 0 Å². The number of halogens is 4. The number of nitrogens with one attached hydrogen (secondary N) is 1. The quantitative estimate of drug-likeness (QED) is 0.679. The van der Waals surface area contributed by atoms with Crippen molar-refractivity contribution in [3.8, 4) is 11.3 Å². The number of nitrogens with zero attached hydrogens (tertiary/aromatic N) is 3. The van der Waals surface area contributed by atoms with Crippen molar-refractivity contribution in [2.45, 2.75) is 6.18 Å². The molecule has 0 amide bonds. The Morgan fingerprint density at radius 3 is 2.38 bits per heavy atom. The Balaban J connectivity index is 1.87. The molecule has 4 nitrogen and oxygen atoms in total. The Bertz CT molecular complexity index is 850. The second kappa shape index (κ2) is 6.45. The molecule has 0 unspecified atom stereocenters. The van der Waals surface area contributed by atoms with Gasteiger partial charge in [-0.3, -0.25) is 0 Å². The largest absolute Gasteiger partial charge is 0.416 e. The lowest BCUT2D eigenvalue weighted by molar-refractivity contribution is -0.137. The minimum Gasteiger partial charge on any atom is -0.338 e. The van der Waals surface area contributed by atoms with Crippen molar-refractivity contribution < 1.29 is 13.2 Å². The summed E-state index contributed by atoms with van der Waals surface area (Å²) in [6.45, 7) is 0. The van der Waals surface area contributed by atoms with Crippen LogP contribution in [0.2, 0.25) is 5.15 Å². The van der Waals surface area contributed by atoms with Crippen LogP contribution in [0.15, 0.2) is 55.0 Å². The van der Waals surface area contributed by atoms with Crippen molar-refractivity contribution in [2.24, 2.45) is 0 Å². The maximum absolute atomic E-state index is 12.6. The first kappa shape index (κ1) is 16.2. The molecule has 0 aliphatic carbocycles. The van der Waals surface area contributed by atoms with Crippen LogP contribution in [-0.4, -0.2) is 15.0 Å². The third-order valence-corrected chi connectivity index (χ3v) is 3.50. The summed E-state index contributed by atoms with van der Waals surface area (Å²) in [6, 6.07) is 9.83. The van der Waals surface area contributed by atoms with Gasteiger partial charge in [0.1, 0.15) is 12.1 Å². The molecule has 8 heteroatoms. The zero-order valence-electron chi connectivity index (χ0n) is 12.0. The third-order valence-electron chi connectivity index (χ3n) is 3.20. The van der Waals surface area contributed by atoms with Gasteiger partial charge in [-0.25, -0.2) is 15.0 Å². The summed E-state index contributed by atoms with van der Waals surface area (Å²) >= 11 is 5.97. The van der Waals surface area contributed by atoms with E-state index in [1.54, 1.807) is 24.4 Å². The molecule has 0 bridgehead atoms. The third kappa shape index (κ3) is 3.62. The van der Waals surface area contributed by atoms with Crippen LogP contribution in [0.3, 0.4) is 0 Å². The Labute approximate surface area is 140 Å². The predicted molar refractivity (Wildman–Crippen MR) is 85.0 cm³/mol. The summed E-state index contributed by atoms with van der Waals surface area (Å²) < 4.78 is 37.8. The Morgan fingerprint density at radius 2 is 1.71 bits per heavy atom. The van der Waals surface area contributed by atoms with E-state index < -0.39 is 11.7 Å². The lowest BCUT2D eigenvalue weighted by Crippen LogP contribution is -2.04. The van der Waals surface area contributed by atoms with Gasteiger partial charge in [0.05, 0.1) is 16.9 Å². The summed E-state index contributed by atoms with van der Waals surface area (Å²) in [6.07, 6.45) is -1.49. The molecule has 3 rings (SSSR count). The molecule has 3 aromatic rings. The van der Waals surface area contributed by atoms with Crippen LogP contribution < -0.4 is 5.32 Å². The summed E-state index contributed by atoms with van der Waals surface area (Å²) in [7, 11) is 0. The normalized spacial score (nSPS) is 11.3. The highest BCUT2D eigenvalue weighted by molar-refractivity contribution is 6.32. The van der Waals surface area contributed by atoms with Crippen LogP contribution in [0.1, 0.15) is 5.56 Å². The van der Waals surface area contributed by atoms with Gasteiger partial charge in [-0.1, -0.05) is 23.7 Å². The van der Waals surface area contributed by atoms with Gasteiger partial charge in [0.2, 0.25) is 0 Å². The molecular formula is C16H10ClF3N4. The molecule has 2 heterocycles. The second-order valence-corrected chi connectivity index (χ2v) is 5.19. The molecule has 0 aliphatic heterocycles. The molecule has 0 saturated carbocycles. The van der Waals surface area contributed by atoms with E-state index in [4.69, 9.17) is 11.6 Å². The molecule has 1 N–H and O–H groups in total. The van der Waals surface area contributed by atoms with Crippen LogP contribution in [-0.2, 0) is 6.18 Å². The first-order chi connectivity index (χ1) is 11.4. The zero-order valence-corrected chi connectivity index (χ0v) is 12.8. The maximum atomic E-state index is 12.6. The highest BCUT2D eigenvalue weighted by Crippen LogP contribution is 2.31. The molecule has 0 saturated heterocycles. The topological polar surface area (TPSA) is 50.7 Å². The highest BCUT2D eigenvalue weighted by Gasteiger charge is 2.30. The first-order valence-electron chi connectivity index (χ1n) is 6.81. The molecule has 2 aromatic heterocycles. The number of pyridine rings is 1. The van der Waals surface area contributed by atoms with Gasteiger partial charge in [-0.05, 0) is 24.3 Å². The second-order valence-electron chi connectivity index (χ2n) is 4.83. The number of alkyl halides is 3. The first-order valence-corrected chi connectivity index (χ1v) is 7.18. The summed E-state index contributed by atoms with van der Waals surface area (Å²) in [5.74, 6) is 0.454. The minimum absolute atomic E-state index is 0.284. The van der Waals surface area contributed by atoms with Gasteiger partial charge in [0.25, 0.3) is 0 Å². The van der Waals surface area contributed by atoms with Crippen LogP contribution in [0.5, 0.6) is 0 Å². The Kier molecular flexibility index (Phi) is 4.35. The average Bonchev–Trinajstić information content (AvgIpc) is 2.57. The summed E-state index contributed by atoms with van der Waals surface area (Å²) in [5.41, 5.74) is 0.893. The smallest absolute Gasteiger partial charge is 0.338 e. The van der Waals surface area contributed by atoms with E-state index in [9.17, 15) is 13.2 Å². The molecule has 0 atom stereocenters. The minimum atomic E-state index is -4.37. The molecule has 0 fully saturated rings. The number of hydrogen-bond donors (Lipinski definition) is 1. The van der Waals surface area contributed by atoms with Crippen molar-refractivity contribution in [1.29, 1.82) is 0 Å². The van der Waals surface area contributed by atoms with Gasteiger partial charge in [-0.15, -0.1) is 0 Å². The molecular weight excluding hydrogens is 341 g/mol. The number of rotatable bonds is 3. The molecule has 0 aliphatic rings. The SMILES string of the molecule is FC(F)(F)c1ccc(-c2cc(Nc3cccnc3Cl)ncn2)cc1.